The molecular weight excluding hydrogens is 246 g/mol. The van der Waals surface area contributed by atoms with Crippen LogP contribution in [0.1, 0.15) is 44.0 Å². The Morgan fingerprint density at radius 3 is 3.05 bits per heavy atom. The molecule has 0 saturated heterocycles. The predicted octanol–water partition coefficient (Wildman–Crippen LogP) is 3.82. The fraction of sp³-hybridized carbons (Fsp3) is 0.471. The molecule has 1 aliphatic heterocycles. The van der Waals surface area contributed by atoms with Gasteiger partial charge < -0.3 is 9.88 Å². The maximum absolute atomic E-state index is 4.49. The molecule has 1 aliphatic rings. The van der Waals surface area contributed by atoms with Crippen molar-refractivity contribution in [1.29, 1.82) is 0 Å². The highest BCUT2D eigenvalue weighted by Gasteiger charge is 2.23. The van der Waals surface area contributed by atoms with E-state index >= 15 is 0 Å². The first kappa shape index (κ1) is 13.2. The van der Waals surface area contributed by atoms with Crippen LogP contribution in [0.15, 0.2) is 36.7 Å². The minimum Gasteiger partial charge on any atom is -0.382 e. The number of rotatable bonds is 4. The summed E-state index contributed by atoms with van der Waals surface area (Å²) in [6, 6.07) is 9.29. The average Bonchev–Trinajstić information content (AvgIpc) is 2.92. The number of hydrogen-bond acceptors (Lipinski definition) is 2. The third-order valence-electron chi connectivity index (χ3n) is 4.30. The van der Waals surface area contributed by atoms with Crippen LogP contribution in [0.3, 0.4) is 0 Å². The number of hydrogen-bond donors (Lipinski definition) is 1. The molecule has 0 saturated carbocycles. The van der Waals surface area contributed by atoms with Crippen LogP contribution in [0, 0.1) is 0 Å². The number of nitrogens with zero attached hydrogens (tertiary/aromatic N) is 2. The van der Waals surface area contributed by atoms with Gasteiger partial charge in [-0.1, -0.05) is 18.2 Å². The largest absolute Gasteiger partial charge is 0.382 e. The summed E-state index contributed by atoms with van der Waals surface area (Å²) in [4.78, 5) is 4.49. The molecule has 2 unspecified atom stereocenters. The minimum atomic E-state index is 0.556. The van der Waals surface area contributed by atoms with Crippen LogP contribution in [0.4, 0.5) is 5.69 Å². The van der Waals surface area contributed by atoms with Crippen LogP contribution in [0.25, 0.3) is 0 Å². The molecule has 1 aromatic heterocycles. The molecule has 0 spiro atoms. The van der Waals surface area contributed by atoms with Gasteiger partial charge in [0.05, 0.1) is 0 Å². The molecule has 0 fully saturated rings. The first-order valence-electron chi connectivity index (χ1n) is 7.63. The maximum atomic E-state index is 4.49. The zero-order valence-electron chi connectivity index (χ0n) is 12.3. The highest BCUT2D eigenvalue weighted by atomic mass is 15.0. The van der Waals surface area contributed by atoms with E-state index in [1.54, 1.807) is 0 Å². The number of aromatic nitrogens is 2. The summed E-state index contributed by atoms with van der Waals surface area (Å²) in [6.45, 7) is 5.46. The predicted molar refractivity (Wildman–Crippen MR) is 83.1 cm³/mol. The van der Waals surface area contributed by atoms with Crippen molar-refractivity contribution < 1.29 is 0 Å². The molecular formula is C17H23N3. The molecule has 0 bridgehead atoms. The van der Waals surface area contributed by atoms with Gasteiger partial charge in [0, 0.05) is 37.1 Å². The lowest BCUT2D eigenvalue weighted by atomic mass is 9.84. The lowest BCUT2D eigenvalue weighted by Crippen LogP contribution is -2.25. The standard InChI is InChI=1S/C17H23N3/c1-3-20-11-10-18-17(20)9-8-14-12-13(2)19-16-7-5-4-6-15(14)16/h4-7,10-11,13-14,19H,3,8-9,12H2,1-2H3. The third kappa shape index (κ3) is 2.58. The molecule has 3 heteroatoms. The van der Waals surface area contributed by atoms with E-state index < -0.39 is 0 Å². The third-order valence-corrected chi connectivity index (χ3v) is 4.30. The molecule has 2 heterocycles. The lowest BCUT2D eigenvalue weighted by Gasteiger charge is -2.31. The number of nitrogens with one attached hydrogen (secondary N) is 1. The van der Waals surface area contributed by atoms with Crippen molar-refractivity contribution in [3.05, 3.63) is 48.0 Å². The van der Waals surface area contributed by atoms with Crippen LogP contribution in [-0.4, -0.2) is 15.6 Å². The fourth-order valence-corrected chi connectivity index (χ4v) is 3.30. The van der Waals surface area contributed by atoms with Gasteiger partial charge in [0.25, 0.3) is 0 Å². The molecule has 2 atom stereocenters. The summed E-state index contributed by atoms with van der Waals surface area (Å²) in [7, 11) is 0. The fourth-order valence-electron chi connectivity index (χ4n) is 3.30. The van der Waals surface area contributed by atoms with Crippen LogP contribution >= 0.6 is 0 Å². The van der Waals surface area contributed by atoms with E-state index in [9.17, 15) is 0 Å². The molecule has 0 radical (unpaired) electrons. The van der Waals surface area contributed by atoms with E-state index in [1.165, 1.54) is 29.9 Å². The summed E-state index contributed by atoms with van der Waals surface area (Å²) in [5.74, 6) is 1.86. The molecule has 0 amide bonds. The first-order chi connectivity index (χ1) is 9.78. The van der Waals surface area contributed by atoms with Crippen molar-refractivity contribution >= 4 is 5.69 Å². The van der Waals surface area contributed by atoms with Gasteiger partial charge in [0.1, 0.15) is 5.82 Å². The number of aryl methyl sites for hydroxylation is 2. The highest BCUT2D eigenvalue weighted by Crippen LogP contribution is 2.36. The Bertz CT molecular complexity index is 573. The van der Waals surface area contributed by atoms with Crippen LogP contribution in [-0.2, 0) is 13.0 Å². The van der Waals surface area contributed by atoms with E-state index in [1.807, 2.05) is 6.20 Å². The van der Waals surface area contributed by atoms with E-state index in [0.29, 0.717) is 12.0 Å². The van der Waals surface area contributed by atoms with Crippen LogP contribution < -0.4 is 5.32 Å². The Morgan fingerprint density at radius 1 is 1.35 bits per heavy atom. The van der Waals surface area contributed by atoms with E-state index in [0.717, 1.165) is 13.0 Å². The maximum Gasteiger partial charge on any atom is 0.108 e. The Hall–Kier alpha value is -1.77. The second-order valence-electron chi connectivity index (χ2n) is 5.73. The van der Waals surface area contributed by atoms with Crippen molar-refractivity contribution in [2.75, 3.05) is 5.32 Å². The molecule has 1 N–H and O–H groups in total. The van der Waals surface area contributed by atoms with Gasteiger partial charge in [-0.15, -0.1) is 0 Å². The Kier molecular flexibility index (Phi) is 3.77. The van der Waals surface area contributed by atoms with Crippen LogP contribution in [0.5, 0.6) is 0 Å². The number of anilines is 1. The van der Waals surface area contributed by atoms with Crippen molar-refractivity contribution in [2.24, 2.45) is 0 Å². The summed E-state index contributed by atoms with van der Waals surface area (Å²) in [6.07, 6.45) is 7.45. The normalized spacial score (nSPS) is 21.3. The van der Waals surface area contributed by atoms with Gasteiger partial charge in [0.2, 0.25) is 0 Å². The smallest absolute Gasteiger partial charge is 0.108 e. The molecule has 3 rings (SSSR count). The van der Waals surface area contributed by atoms with E-state index in [2.05, 4.69) is 59.2 Å². The average molecular weight is 269 g/mol. The molecule has 2 aromatic rings. The molecule has 1 aromatic carbocycles. The van der Waals surface area contributed by atoms with Gasteiger partial charge in [-0.05, 0) is 44.2 Å². The van der Waals surface area contributed by atoms with Gasteiger partial charge in [-0.25, -0.2) is 4.98 Å². The zero-order chi connectivity index (χ0) is 13.9. The second kappa shape index (κ2) is 5.70. The Morgan fingerprint density at radius 2 is 2.20 bits per heavy atom. The summed E-state index contributed by atoms with van der Waals surface area (Å²) in [5, 5.41) is 3.58. The Balaban J connectivity index is 1.75. The van der Waals surface area contributed by atoms with Gasteiger partial charge in [0.15, 0.2) is 0 Å². The van der Waals surface area contributed by atoms with Gasteiger partial charge in [-0.3, -0.25) is 0 Å². The van der Waals surface area contributed by atoms with E-state index in [-0.39, 0.29) is 0 Å². The van der Waals surface area contributed by atoms with Gasteiger partial charge >= 0.3 is 0 Å². The second-order valence-corrected chi connectivity index (χ2v) is 5.73. The number of benzene rings is 1. The Labute approximate surface area is 121 Å². The molecule has 0 aliphatic carbocycles. The van der Waals surface area contributed by atoms with Crippen molar-refractivity contribution in [2.45, 2.75) is 51.6 Å². The molecule has 3 nitrogen and oxygen atoms in total. The quantitative estimate of drug-likeness (QED) is 0.914. The summed E-state index contributed by atoms with van der Waals surface area (Å²) in [5.41, 5.74) is 2.79. The van der Waals surface area contributed by atoms with Crippen molar-refractivity contribution in [1.82, 2.24) is 9.55 Å². The molecule has 20 heavy (non-hydrogen) atoms. The number of para-hydroxylation sites is 1. The van der Waals surface area contributed by atoms with Crippen molar-refractivity contribution in [3.63, 3.8) is 0 Å². The van der Waals surface area contributed by atoms with Gasteiger partial charge in [-0.2, -0.15) is 0 Å². The number of imidazole rings is 1. The monoisotopic (exact) mass is 269 g/mol. The SMILES string of the molecule is CCn1ccnc1CCC1CC(C)Nc2ccccc21. The van der Waals surface area contributed by atoms with E-state index in [4.69, 9.17) is 0 Å². The summed E-state index contributed by atoms with van der Waals surface area (Å²) < 4.78 is 2.25. The zero-order valence-corrected chi connectivity index (χ0v) is 12.3. The van der Waals surface area contributed by atoms with Crippen LogP contribution in [0.2, 0.25) is 0 Å². The summed E-state index contributed by atoms with van der Waals surface area (Å²) >= 11 is 0. The lowest BCUT2D eigenvalue weighted by molar-refractivity contribution is 0.510. The number of fused-ring (bicyclic) bond motifs is 1. The topological polar surface area (TPSA) is 29.9 Å². The highest BCUT2D eigenvalue weighted by molar-refractivity contribution is 5.55. The minimum absolute atomic E-state index is 0.556. The molecule has 106 valence electrons. The first-order valence-corrected chi connectivity index (χ1v) is 7.63. The van der Waals surface area contributed by atoms with Crippen molar-refractivity contribution in [3.8, 4) is 0 Å².